The third-order valence-electron chi connectivity index (χ3n) is 5.61. The predicted molar refractivity (Wildman–Crippen MR) is 114 cm³/mol. The average Bonchev–Trinajstić information content (AvgIpc) is 3.22. The zero-order valence-corrected chi connectivity index (χ0v) is 18.0. The molecule has 4 rings (SSSR count). The van der Waals surface area contributed by atoms with Crippen LogP contribution >= 0.6 is 11.6 Å². The quantitative estimate of drug-likeness (QED) is 0.716. The maximum atomic E-state index is 14.8. The molecule has 0 spiro atoms. The zero-order valence-electron chi connectivity index (χ0n) is 17.3. The first-order chi connectivity index (χ1) is 15.3. The summed E-state index contributed by atoms with van der Waals surface area (Å²) in [6.07, 6.45) is -0.322. The number of fused-ring (bicyclic) bond motifs is 1. The summed E-state index contributed by atoms with van der Waals surface area (Å²) in [6, 6.07) is 5.87. The molecule has 2 aromatic rings. The summed E-state index contributed by atoms with van der Waals surface area (Å²) in [4.78, 5) is 26.8. The van der Waals surface area contributed by atoms with Crippen LogP contribution in [0.25, 0.3) is 0 Å². The lowest BCUT2D eigenvalue weighted by Crippen LogP contribution is -2.46. The number of nitrogens with zero attached hydrogens (tertiary/aromatic N) is 1. The Morgan fingerprint density at radius 1 is 1.25 bits per heavy atom. The second kappa shape index (κ2) is 9.40. The molecule has 7 nitrogen and oxygen atoms in total. The van der Waals surface area contributed by atoms with Crippen molar-refractivity contribution in [3.8, 4) is 0 Å². The van der Waals surface area contributed by atoms with Crippen molar-refractivity contribution in [1.82, 2.24) is 10.2 Å². The van der Waals surface area contributed by atoms with Crippen molar-refractivity contribution >= 4 is 29.3 Å². The molecule has 0 aromatic heterocycles. The number of carbonyl (C=O) groups excluding carboxylic acids is 2. The van der Waals surface area contributed by atoms with Gasteiger partial charge in [0.15, 0.2) is 6.23 Å². The molecule has 2 N–H and O–H groups in total. The van der Waals surface area contributed by atoms with E-state index in [1.54, 1.807) is 7.05 Å². The van der Waals surface area contributed by atoms with Crippen LogP contribution in [0.1, 0.15) is 33.9 Å². The molecule has 0 saturated carbocycles. The van der Waals surface area contributed by atoms with Gasteiger partial charge in [0.2, 0.25) is 0 Å². The number of hydrogen-bond acceptors (Lipinski definition) is 5. The van der Waals surface area contributed by atoms with Crippen LogP contribution in [0.5, 0.6) is 0 Å². The van der Waals surface area contributed by atoms with Gasteiger partial charge in [-0.25, -0.2) is 13.6 Å². The Balaban J connectivity index is 1.53. The summed E-state index contributed by atoms with van der Waals surface area (Å²) in [7, 11) is 1.54. The van der Waals surface area contributed by atoms with E-state index in [-0.39, 0.29) is 17.2 Å². The highest BCUT2D eigenvalue weighted by atomic mass is 35.5. The minimum atomic E-state index is -0.610. The highest BCUT2D eigenvalue weighted by molar-refractivity contribution is 6.31. The summed E-state index contributed by atoms with van der Waals surface area (Å²) in [5.41, 5.74) is 1.42. The molecule has 1 heterocycles. The van der Waals surface area contributed by atoms with E-state index < -0.39 is 35.9 Å². The standard InChI is InChI=1S/C22H22ClF2N3O4/c1-28(22(30)32-19-11-31-9-8-26-19)18-7-4-13-14(3-6-17(25)20(13)18)21(29)27-12-2-5-16(24)15(23)10-12/h2-3,5-6,10,18-19,26H,4,7-9,11H2,1H3,(H,27,29)/t18-,19+/m0/s1. The highest BCUT2D eigenvalue weighted by Gasteiger charge is 2.35. The van der Waals surface area contributed by atoms with Gasteiger partial charge in [-0.05, 0) is 48.7 Å². The number of ether oxygens (including phenoxy) is 2. The number of carbonyl (C=O) groups is 2. The molecule has 0 bridgehead atoms. The van der Waals surface area contributed by atoms with E-state index in [9.17, 15) is 18.4 Å². The van der Waals surface area contributed by atoms with E-state index in [1.807, 2.05) is 0 Å². The van der Waals surface area contributed by atoms with Gasteiger partial charge in [0.1, 0.15) is 11.6 Å². The Morgan fingerprint density at radius 3 is 2.75 bits per heavy atom. The van der Waals surface area contributed by atoms with Gasteiger partial charge in [-0.2, -0.15) is 0 Å². The van der Waals surface area contributed by atoms with Gasteiger partial charge in [0.25, 0.3) is 5.91 Å². The van der Waals surface area contributed by atoms with E-state index in [1.165, 1.54) is 29.2 Å². The van der Waals surface area contributed by atoms with Crippen molar-refractivity contribution in [1.29, 1.82) is 0 Å². The Bertz CT molecular complexity index is 1050. The minimum absolute atomic E-state index is 0.120. The van der Waals surface area contributed by atoms with Crippen LogP contribution in [0, 0.1) is 11.6 Å². The van der Waals surface area contributed by atoms with Gasteiger partial charge < -0.3 is 19.7 Å². The first kappa shape index (κ1) is 22.4. The SMILES string of the molecule is CN(C(=O)O[C@@H]1COCCN1)[C@H]1CCc2c(C(=O)Nc3ccc(F)c(Cl)c3)ccc(F)c21. The molecule has 1 fully saturated rings. The molecule has 1 aliphatic carbocycles. The predicted octanol–water partition coefficient (Wildman–Crippen LogP) is 3.87. The summed E-state index contributed by atoms with van der Waals surface area (Å²) < 4.78 is 38.8. The Hall–Kier alpha value is -2.75. The Kier molecular flexibility index (Phi) is 6.59. The summed E-state index contributed by atoms with van der Waals surface area (Å²) in [5, 5.41) is 5.56. The minimum Gasteiger partial charge on any atom is -0.428 e. The Labute approximate surface area is 188 Å². The zero-order chi connectivity index (χ0) is 22.8. The number of benzene rings is 2. The smallest absolute Gasteiger partial charge is 0.411 e. The lowest BCUT2D eigenvalue weighted by Gasteiger charge is -2.29. The van der Waals surface area contributed by atoms with Crippen molar-refractivity contribution in [2.75, 3.05) is 32.1 Å². The molecule has 0 radical (unpaired) electrons. The van der Waals surface area contributed by atoms with E-state index >= 15 is 0 Å². The molecule has 2 atom stereocenters. The molecular weight excluding hydrogens is 444 g/mol. The molecular formula is C22H22ClF2N3O4. The second-order valence-electron chi connectivity index (χ2n) is 7.64. The fourth-order valence-corrected chi connectivity index (χ4v) is 4.19. The van der Waals surface area contributed by atoms with Crippen molar-refractivity contribution in [2.24, 2.45) is 0 Å². The molecule has 2 amide bonds. The number of amides is 2. The van der Waals surface area contributed by atoms with Gasteiger partial charge in [0, 0.05) is 30.4 Å². The number of morpholine rings is 1. The molecule has 170 valence electrons. The fraction of sp³-hybridized carbons (Fsp3) is 0.364. The lowest BCUT2D eigenvalue weighted by atomic mass is 10.0. The van der Waals surface area contributed by atoms with E-state index in [0.717, 1.165) is 6.07 Å². The van der Waals surface area contributed by atoms with Crippen LogP contribution in [0.4, 0.5) is 19.3 Å². The average molecular weight is 466 g/mol. The molecule has 10 heteroatoms. The number of anilines is 1. The van der Waals surface area contributed by atoms with E-state index in [4.69, 9.17) is 21.1 Å². The number of hydrogen-bond donors (Lipinski definition) is 2. The number of halogens is 3. The lowest BCUT2D eigenvalue weighted by molar-refractivity contribution is -0.0380. The summed E-state index contributed by atoms with van der Waals surface area (Å²) in [5.74, 6) is -1.57. The molecule has 0 unspecified atom stereocenters. The van der Waals surface area contributed by atoms with Crippen LogP contribution < -0.4 is 10.6 Å². The molecule has 1 aliphatic heterocycles. The maximum absolute atomic E-state index is 14.8. The highest BCUT2D eigenvalue weighted by Crippen LogP contribution is 2.39. The maximum Gasteiger partial charge on any atom is 0.411 e. The van der Waals surface area contributed by atoms with Crippen molar-refractivity contribution in [3.05, 3.63) is 63.7 Å². The normalized spacial score (nSPS) is 19.9. The largest absolute Gasteiger partial charge is 0.428 e. The third-order valence-corrected chi connectivity index (χ3v) is 5.90. The van der Waals surface area contributed by atoms with Gasteiger partial charge >= 0.3 is 6.09 Å². The van der Waals surface area contributed by atoms with Crippen LogP contribution in [0.3, 0.4) is 0 Å². The molecule has 2 aliphatic rings. The van der Waals surface area contributed by atoms with E-state index in [0.29, 0.717) is 42.8 Å². The second-order valence-corrected chi connectivity index (χ2v) is 8.04. The van der Waals surface area contributed by atoms with Crippen LogP contribution in [0.2, 0.25) is 5.02 Å². The molecule has 32 heavy (non-hydrogen) atoms. The number of rotatable bonds is 4. The molecule has 1 saturated heterocycles. The summed E-state index contributed by atoms with van der Waals surface area (Å²) in [6.45, 7) is 1.35. The first-order valence-corrected chi connectivity index (χ1v) is 10.5. The van der Waals surface area contributed by atoms with Gasteiger partial charge in [-0.1, -0.05) is 11.6 Å². The monoisotopic (exact) mass is 465 g/mol. The third kappa shape index (κ3) is 4.55. The van der Waals surface area contributed by atoms with Gasteiger partial charge in [0.05, 0.1) is 24.3 Å². The molecule has 2 aromatic carbocycles. The van der Waals surface area contributed by atoms with Gasteiger partial charge in [-0.3, -0.25) is 10.1 Å². The topological polar surface area (TPSA) is 79.9 Å². The van der Waals surface area contributed by atoms with Crippen LogP contribution in [-0.4, -0.2) is 49.9 Å². The summed E-state index contributed by atoms with van der Waals surface area (Å²) >= 11 is 5.77. The Morgan fingerprint density at radius 2 is 2.03 bits per heavy atom. The van der Waals surface area contributed by atoms with Crippen LogP contribution in [-0.2, 0) is 15.9 Å². The van der Waals surface area contributed by atoms with Crippen molar-refractivity contribution in [3.63, 3.8) is 0 Å². The van der Waals surface area contributed by atoms with E-state index in [2.05, 4.69) is 10.6 Å². The first-order valence-electron chi connectivity index (χ1n) is 10.2. The van der Waals surface area contributed by atoms with Crippen LogP contribution in [0.15, 0.2) is 30.3 Å². The fourth-order valence-electron chi connectivity index (χ4n) is 4.01. The number of nitrogens with one attached hydrogen (secondary N) is 2. The van der Waals surface area contributed by atoms with Crippen molar-refractivity contribution < 1.29 is 27.8 Å². The van der Waals surface area contributed by atoms with Gasteiger partial charge in [-0.15, -0.1) is 0 Å². The van der Waals surface area contributed by atoms with Crippen molar-refractivity contribution in [2.45, 2.75) is 25.1 Å².